The van der Waals surface area contributed by atoms with Crippen LogP contribution in [0.1, 0.15) is 18.4 Å². The third-order valence-electron chi connectivity index (χ3n) is 3.37. The van der Waals surface area contributed by atoms with Crippen LogP contribution in [0.25, 0.3) is 0 Å². The molecule has 0 aliphatic carbocycles. The van der Waals surface area contributed by atoms with Crippen molar-refractivity contribution in [1.82, 2.24) is 5.32 Å². The van der Waals surface area contributed by atoms with Crippen molar-refractivity contribution >= 4 is 28.5 Å². The molecule has 1 aliphatic rings. The van der Waals surface area contributed by atoms with Gasteiger partial charge in [-0.3, -0.25) is 13.9 Å². The number of hydrogen-bond acceptors (Lipinski definition) is 3. The molecule has 0 saturated heterocycles. The highest BCUT2D eigenvalue weighted by Crippen LogP contribution is 2.36. The van der Waals surface area contributed by atoms with Crippen LogP contribution < -0.4 is 10.2 Å². The van der Waals surface area contributed by atoms with Crippen molar-refractivity contribution in [2.75, 3.05) is 23.5 Å². The van der Waals surface area contributed by atoms with Gasteiger partial charge in [-0.05, 0) is 18.6 Å². The molecule has 114 valence electrons. The van der Waals surface area contributed by atoms with Crippen LogP contribution in [0.15, 0.2) is 24.3 Å². The second-order valence-corrected chi connectivity index (χ2v) is 6.63. The SMILES string of the molecule is CC(CS(C)=O)NC(=O)N1CC(C(=O)O)c2ccccc21. The van der Waals surface area contributed by atoms with Gasteiger partial charge in [0, 0.05) is 41.1 Å². The van der Waals surface area contributed by atoms with Crippen LogP contribution in [0.2, 0.25) is 0 Å². The summed E-state index contributed by atoms with van der Waals surface area (Å²) < 4.78 is 11.2. The Bertz CT molecular complexity index is 590. The largest absolute Gasteiger partial charge is 0.481 e. The summed E-state index contributed by atoms with van der Waals surface area (Å²) in [6.07, 6.45) is 1.58. The topological polar surface area (TPSA) is 86.7 Å². The number of urea groups is 1. The van der Waals surface area contributed by atoms with E-state index in [2.05, 4.69) is 5.32 Å². The summed E-state index contributed by atoms with van der Waals surface area (Å²) in [6.45, 7) is 1.89. The van der Waals surface area contributed by atoms with Crippen LogP contribution in [0, 0.1) is 0 Å². The molecule has 3 unspecified atom stereocenters. The lowest BCUT2D eigenvalue weighted by Crippen LogP contribution is -2.45. The summed E-state index contributed by atoms with van der Waals surface area (Å²) in [4.78, 5) is 25.0. The summed E-state index contributed by atoms with van der Waals surface area (Å²) in [5.41, 5.74) is 1.26. The highest BCUT2D eigenvalue weighted by atomic mass is 32.2. The van der Waals surface area contributed by atoms with Gasteiger partial charge in [-0.1, -0.05) is 18.2 Å². The molecule has 0 radical (unpaired) electrons. The summed E-state index contributed by atoms with van der Waals surface area (Å²) >= 11 is 0. The van der Waals surface area contributed by atoms with E-state index in [-0.39, 0.29) is 18.6 Å². The first-order valence-corrected chi connectivity index (χ1v) is 8.32. The average Bonchev–Trinajstić information content (AvgIpc) is 2.77. The van der Waals surface area contributed by atoms with E-state index < -0.39 is 22.7 Å². The van der Waals surface area contributed by atoms with Crippen molar-refractivity contribution in [3.63, 3.8) is 0 Å². The number of hydrogen-bond donors (Lipinski definition) is 2. The third kappa shape index (κ3) is 3.41. The first kappa shape index (κ1) is 15.5. The molecule has 1 aromatic rings. The normalized spacial score (nSPS) is 19.7. The Morgan fingerprint density at radius 1 is 1.48 bits per heavy atom. The van der Waals surface area contributed by atoms with Crippen molar-refractivity contribution in [3.8, 4) is 0 Å². The van der Waals surface area contributed by atoms with Crippen molar-refractivity contribution in [2.24, 2.45) is 0 Å². The smallest absolute Gasteiger partial charge is 0.322 e. The zero-order valence-electron chi connectivity index (χ0n) is 11.9. The molecule has 6 nitrogen and oxygen atoms in total. The molecule has 0 spiro atoms. The molecule has 0 fully saturated rings. The number of benzene rings is 1. The monoisotopic (exact) mass is 310 g/mol. The van der Waals surface area contributed by atoms with Crippen molar-refractivity contribution < 1.29 is 18.9 Å². The number of nitrogens with one attached hydrogen (secondary N) is 1. The molecule has 2 amide bonds. The zero-order chi connectivity index (χ0) is 15.6. The van der Waals surface area contributed by atoms with Crippen molar-refractivity contribution in [1.29, 1.82) is 0 Å². The Morgan fingerprint density at radius 3 is 2.76 bits per heavy atom. The minimum Gasteiger partial charge on any atom is -0.481 e. The van der Waals surface area contributed by atoms with E-state index in [1.54, 1.807) is 37.4 Å². The number of anilines is 1. The number of rotatable bonds is 4. The van der Waals surface area contributed by atoms with Gasteiger partial charge in [0.05, 0.1) is 0 Å². The Labute approximate surface area is 125 Å². The Balaban J connectivity index is 2.16. The molecule has 0 aromatic heterocycles. The fraction of sp³-hybridized carbons (Fsp3) is 0.429. The molecule has 2 rings (SSSR count). The number of carbonyl (C=O) groups excluding carboxylic acids is 1. The highest BCUT2D eigenvalue weighted by Gasteiger charge is 2.36. The van der Waals surface area contributed by atoms with E-state index in [4.69, 9.17) is 0 Å². The molecule has 0 saturated carbocycles. The van der Waals surface area contributed by atoms with Gasteiger partial charge in [-0.15, -0.1) is 0 Å². The van der Waals surface area contributed by atoms with E-state index >= 15 is 0 Å². The van der Waals surface area contributed by atoms with Gasteiger partial charge in [0.1, 0.15) is 5.92 Å². The molecule has 1 aromatic carbocycles. The lowest BCUT2D eigenvalue weighted by Gasteiger charge is -2.21. The number of aliphatic carboxylic acids is 1. The zero-order valence-corrected chi connectivity index (χ0v) is 12.7. The predicted octanol–water partition coefficient (Wildman–Crippen LogP) is 1.15. The molecule has 21 heavy (non-hydrogen) atoms. The van der Waals surface area contributed by atoms with Crippen LogP contribution in [0.4, 0.5) is 10.5 Å². The Morgan fingerprint density at radius 2 is 2.14 bits per heavy atom. The molecule has 7 heteroatoms. The van der Waals surface area contributed by atoms with E-state index in [0.29, 0.717) is 17.0 Å². The lowest BCUT2D eigenvalue weighted by molar-refractivity contribution is -0.138. The highest BCUT2D eigenvalue weighted by molar-refractivity contribution is 7.84. The average molecular weight is 310 g/mol. The number of carboxylic acids is 1. The molecular weight excluding hydrogens is 292 g/mol. The number of amides is 2. The van der Waals surface area contributed by atoms with Gasteiger partial charge in [-0.2, -0.15) is 0 Å². The molecule has 1 heterocycles. The van der Waals surface area contributed by atoms with Crippen LogP contribution in [0.3, 0.4) is 0 Å². The van der Waals surface area contributed by atoms with Crippen molar-refractivity contribution in [2.45, 2.75) is 18.9 Å². The molecule has 0 bridgehead atoms. The van der Waals surface area contributed by atoms with E-state index in [9.17, 15) is 18.9 Å². The fourth-order valence-corrected chi connectivity index (χ4v) is 3.28. The van der Waals surface area contributed by atoms with E-state index in [1.807, 2.05) is 0 Å². The predicted molar refractivity (Wildman–Crippen MR) is 81.1 cm³/mol. The first-order valence-electron chi connectivity index (χ1n) is 6.60. The number of carboxylic acid groups (broad SMARTS) is 1. The van der Waals surface area contributed by atoms with E-state index in [1.165, 1.54) is 4.90 Å². The van der Waals surface area contributed by atoms with Gasteiger partial charge in [0.25, 0.3) is 0 Å². The summed E-state index contributed by atoms with van der Waals surface area (Å²) in [6, 6.07) is 6.41. The Kier molecular flexibility index (Phi) is 4.62. The molecular formula is C14H18N2O4S. The maximum Gasteiger partial charge on any atom is 0.322 e. The fourth-order valence-electron chi connectivity index (χ4n) is 2.49. The van der Waals surface area contributed by atoms with Gasteiger partial charge in [-0.25, -0.2) is 4.79 Å². The van der Waals surface area contributed by atoms with Gasteiger partial charge in [0.15, 0.2) is 0 Å². The van der Waals surface area contributed by atoms with Crippen LogP contribution >= 0.6 is 0 Å². The summed E-state index contributed by atoms with van der Waals surface area (Å²) in [5, 5.41) is 12.0. The van der Waals surface area contributed by atoms with Gasteiger partial charge < -0.3 is 10.4 Å². The molecule has 2 N–H and O–H groups in total. The second-order valence-electron chi connectivity index (χ2n) is 5.15. The van der Waals surface area contributed by atoms with Crippen LogP contribution in [0.5, 0.6) is 0 Å². The van der Waals surface area contributed by atoms with Gasteiger partial charge in [0.2, 0.25) is 0 Å². The Hall–Kier alpha value is -1.89. The molecule has 1 aliphatic heterocycles. The maximum atomic E-state index is 12.3. The lowest BCUT2D eigenvalue weighted by atomic mass is 10.0. The number of para-hydroxylation sites is 1. The second kappa shape index (κ2) is 6.26. The number of fused-ring (bicyclic) bond motifs is 1. The van der Waals surface area contributed by atoms with E-state index in [0.717, 1.165) is 0 Å². The molecule has 3 atom stereocenters. The van der Waals surface area contributed by atoms with Crippen LogP contribution in [-0.4, -0.2) is 45.9 Å². The third-order valence-corrected chi connectivity index (χ3v) is 4.34. The quantitative estimate of drug-likeness (QED) is 0.873. The standard InChI is InChI=1S/C14H18N2O4S/c1-9(8-21(2)20)15-14(19)16-7-11(13(17)18)10-5-3-4-6-12(10)16/h3-6,9,11H,7-8H2,1-2H3,(H,15,19)(H,17,18). The number of nitrogens with zero attached hydrogens (tertiary/aromatic N) is 1. The minimum absolute atomic E-state index is 0.114. The maximum absolute atomic E-state index is 12.3. The minimum atomic E-state index is -1.00. The van der Waals surface area contributed by atoms with Crippen molar-refractivity contribution in [3.05, 3.63) is 29.8 Å². The van der Waals surface area contributed by atoms with Crippen LogP contribution in [-0.2, 0) is 15.6 Å². The van der Waals surface area contributed by atoms with Gasteiger partial charge >= 0.3 is 12.0 Å². The summed E-state index contributed by atoms with van der Waals surface area (Å²) in [7, 11) is -1.00. The first-order chi connectivity index (χ1) is 9.90. The number of carbonyl (C=O) groups is 2. The summed E-state index contributed by atoms with van der Waals surface area (Å²) in [5.74, 6) is -1.29.